The van der Waals surface area contributed by atoms with Gasteiger partial charge in [-0.15, -0.1) is 0 Å². The Kier molecular flexibility index (Phi) is 5.82. The monoisotopic (exact) mass is 428 g/mol. The van der Waals surface area contributed by atoms with Crippen LogP contribution in [0, 0.1) is 0 Å². The van der Waals surface area contributed by atoms with Crippen molar-refractivity contribution in [3.63, 3.8) is 0 Å². The summed E-state index contributed by atoms with van der Waals surface area (Å²) >= 11 is 0. The number of fused-ring (bicyclic) bond motifs is 2. The molecule has 0 aromatic heterocycles. The number of hydrogen-bond acceptors (Lipinski definition) is 4. The lowest BCUT2D eigenvalue weighted by molar-refractivity contribution is 0.0696. The largest absolute Gasteiger partial charge is 0.478 e. The molecule has 5 rings (SSSR count). The molecule has 3 aromatic carbocycles. The highest BCUT2D eigenvalue weighted by atomic mass is 16.5. The van der Waals surface area contributed by atoms with Crippen molar-refractivity contribution in [3.05, 3.63) is 90.0 Å². The van der Waals surface area contributed by atoms with Gasteiger partial charge in [-0.25, -0.2) is 4.79 Å². The summed E-state index contributed by atoms with van der Waals surface area (Å²) in [7, 11) is 0. The SMILES string of the molecule is O=C(O)c1ccc(CN2[C@@H]3CC[C@H]2CC(Nc2ccc(Oc4ccccc4)cc2)C3)cc1. The Labute approximate surface area is 188 Å². The second-order valence-corrected chi connectivity index (χ2v) is 8.81. The summed E-state index contributed by atoms with van der Waals surface area (Å²) in [5.74, 6) is 0.809. The standard InChI is InChI=1S/C27H28N2O3/c30-27(31)20-8-6-19(7-9-20)18-29-23-12-13-24(29)17-22(16-23)28-21-10-14-26(15-11-21)32-25-4-2-1-3-5-25/h1-11,14-15,22-24,28H,12-13,16-18H2,(H,30,31)/t22?,23-,24+. The first-order valence-corrected chi connectivity index (χ1v) is 11.3. The van der Waals surface area contributed by atoms with Gasteiger partial charge < -0.3 is 15.2 Å². The minimum absolute atomic E-state index is 0.347. The average molecular weight is 429 g/mol. The van der Waals surface area contributed by atoms with Gasteiger partial charge in [0, 0.05) is 30.4 Å². The van der Waals surface area contributed by atoms with Crippen LogP contribution in [0.15, 0.2) is 78.9 Å². The van der Waals surface area contributed by atoms with Gasteiger partial charge >= 0.3 is 5.97 Å². The molecule has 0 amide bonds. The first-order valence-electron chi connectivity index (χ1n) is 11.3. The number of rotatable bonds is 7. The Bertz CT molecular complexity index is 1040. The van der Waals surface area contributed by atoms with Crippen LogP contribution < -0.4 is 10.1 Å². The van der Waals surface area contributed by atoms with E-state index in [9.17, 15) is 4.79 Å². The predicted octanol–water partition coefficient (Wildman–Crippen LogP) is 5.78. The topological polar surface area (TPSA) is 61.8 Å². The zero-order valence-corrected chi connectivity index (χ0v) is 18.0. The van der Waals surface area contributed by atoms with Crippen LogP contribution >= 0.6 is 0 Å². The number of ether oxygens (including phenoxy) is 1. The van der Waals surface area contributed by atoms with E-state index in [0.717, 1.165) is 36.6 Å². The maximum atomic E-state index is 11.1. The minimum Gasteiger partial charge on any atom is -0.478 e. The first-order chi connectivity index (χ1) is 15.6. The van der Waals surface area contributed by atoms with E-state index in [1.54, 1.807) is 12.1 Å². The number of carbonyl (C=O) groups is 1. The molecule has 2 heterocycles. The van der Waals surface area contributed by atoms with Gasteiger partial charge in [-0.3, -0.25) is 4.90 Å². The van der Waals surface area contributed by atoms with Crippen LogP contribution in [0.1, 0.15) is 41.6 Å². The van der Waals surface area contributed by atoms with Crippen LogP contribution in [-0.2, 0) is 6.54 Å². The van der Waals surface area contributed by atoms with Crippen LogP contribution in [-0.4, -0.2) is 34.1 Å². The highest BCUT2D eigenvalue weighted by Gasteiger charge is 2.40. The number of piperidine rings is 1. The summed E-state index contributed by atoms with van der Waals surface area (Å²) in [5.41, 5.74) is 2.67. The quantitative estimate of drug-likeness (QED) is 0.499. The van der Waals surface area contributed by atoms with Gasteiger partial charge in [-0.2, -0.15) is 0 Å². The number of anilines is 1. The molecule has 2 saturated heterocycles. The molecule has 3 atom stereocenters. The third-order valence-corrected chi connectivity index (χ3v) is 6.65. The summed E-state index contributed by atoms with van der Waals surface area (Å²) < 4.78 is 5.89. The molecule has 5 nitrogen and oxygen atoms in total. The third-order valence-electron chi connectivity index (χ3n) is 6.65. The Morgan fingerprint density at radius 3 is 2.12 bits per heavy atom. The van der Waals surface area contributed by atoms with Crippen molar-refractivity contribution in [3.8, 4) is 11.5 Å². The van der Waals surface area contributed by atoms with Gasteiger partial charge in [0.15, 0.2) is 0 Å². The minimum atomic E-state index is -0.872. The fraction of sp³-hybridized carbons (Fsp3) is 0.296. The molecule has 32 heavy (non-hydrogen) atoms. The fourth-order valence-electron chi connectivity index (χ4n) is 5.09. The second kappa shape index (κ2) is 9.05. The molecule has 5 heteroatoms. The van der Waals surface area contributed by atoms with E-state index in [0.29, 0.717) is 23.7 Å². The molecule has 2 aliphatic rings. The number of carboxylic acids is 1. The Balaban J connectivity index is 1.17. The van der Waals surface area contributed by atoms with Crippen molar-refractivity contribution in [2.45, 2.75) is 50.4 Å². The lowest BCUT2D eigenvalue weighted by Crippen LogP contribution is -2.46. The van der Waals surface area contributed by atoms with E-state index in [2.05, 4.69) is 22.3 Å². The van der Waals surface area contributed by atoms with Crippen LogP contribution in [0.25, 0.3) is 0 Å². The molecule has 2 N–H and O–H groups in total. The van der Waals surface area contributed by atoms with E-state index < -0.39 is 5.97 Å². The molecule has 1 unspecified atom stereocenters. The predicted molar refractivity (Wildman–Crippen MR) is 125 cm³/mol. The van der Waals surface area contributed by atoms with Crippen LogP contribution in [0.5, 0.6) is 11.5 Å². The Morgan fingerprint density at radius 2 is 1.50 bits per heavy atom. The molecule has 0 radical (unpaired) electrons. The lowest BCUT2D eigenvalue weighted by Gasteiger charge is -2.39. The molecule has 0 saturated carbocycles. The van der Waals surface area contributed by atoms with Gasteiger partial charge in [0.2, 0.25) is 0 Å². The molecule has 2 fully saturated rings. The van der Waals surface area contributed by atoms with Crippen molar-refractivity contribution in [2.24, 2.45) is 0 Å². The molecular weight excluding hydrogens is 400 g/mol. The van der Waals surface area contributed by atoms with Crippen LogP contribution in [0.2, 0.25) is 0 Å². The van der Waals surface area contributed by atoms with Crippen molar-refractivity contribution >= 4 is 11.7 Å². The summed E-state index contributed by atoms with van der Waals surface area (Å²) in [6.07, 6.45) is 4.73. The number of aromatic carboxylic acids is 1. The first kappa shape index (κ1) is 20.6. The fourth-order valence-corrected chi connectivity index (χ4v) is 5.09. The molecule has 3 aromatic rings. The molecule has 2 aliphatic heterocycles. The average Bonchev–Trinajstić information content (AvgIpc) is 3.03. The smallest absolute Gasteiger partial charge is 0.335 e. The van der Waals surface area contributed by atoms with Gasteiger partial charge in [-0.1, -0.05) is 30.3 Å². The number of para-hydroxylation sites is 1. The van der Waals surface area contributed by atoms with Crippen molar-refractivity contribution in [2.75, 3.05) is 5.32 Å². The van der Waals surface area contributed by atoms with Gasteiger partial charge in [0.05, 0.1) is 5.56 Å². The van der Waals surface area contributed by atoms with Gasteiger partial charge in [0.25, 0.3) is 0 Å². The molecule has 164 valence electrons. The summed E-state index contributed by atoms with van der Waals surface area (Å²) in [6.45, 7) is 0.896. The molecule has 0 aliphatic carbocycles. The zero-order valence-electron chi connectivity index (χ0n) is 18.0. The summed E-state index contributed by atoms with van der Waals surface area (Å²) in [4.78, 5) is 13.7. The number of benzene rings is 3. The van der Waals surface area contributed by atoms with Gasteiger partial charge in [-0.05, 0) is 79.8 Å². The molecule has 0 spiro atoms. The second-order valence-electron chi connectivity index (χ2n) is 8.81. The normalized spacial score (nSPS) is 22.4. The van der Waals surface area contributed by atoms with Crippen molar-refractivity contribution in [1.82, 2.24) is 4.90 Å². The van der Waals surface area contributed by atoms with E-state index >= 15 is 0 Å². The van der Waals surface area contributed by atoms with E-state index in [-0.39, 0.29) is 0 Å². The number of nitrogens with zero attached hydrogens (tertiary/aromatic N) is 1. The van der Waals surface area contributed by atoms with E-state index in [1.807, 2.05) is 54.6 Å². The zero-order chi connectivity index (χ0) is 21.9. The maximum Gasteiger partial charge on any atom is 0.335 e. The lowest BCUT2D eigenvalue weighted by atomic mass is 9.96. The van der Waals surface area contributed by atoms with Crippen LogP contribution in [0.3, 0.4) is 0 Å². The van der Waals surface area contributed by atoms with Crippen LogP contribution in [0.4, 0.5) is 5.69 Å². The number of carboxylic acid groups (broad SMARTS) is 1. The van der Waals surface area contributed by atoms with Gasteiger partial charge in [0.1, 0.15) is 11.5 Å². The maximum absolute atomic E-state index is 11.1. The number of hydrogen-bond donors (Lipinski definition) is 2. The highest BCUT2D eigenvalue weighted by molar-refractivity contribution is 5.87. The number of nitrogens with one attached hydrogen (secondary N) is 1. The Hall–Kier alpha value is -3.31. The molecule has 2 bridgehead atoms. The highest BCUT2D eigenvalue weighted by Crippen LogP contribution is 2.38. The molecular formula is C27H28N2O3. The van der Waals surface area contributed by atoms with Crippen molar-refractivity contribution in [1.29, 1.82) is 0 Å². The summed E-state index contributed by atoms with van der Waals surface area (Å²) in [6, 6.07) is 27.0. The van der Waals surface area contributed by atoms with Crippen molar-refractivity contribution < 1.29 is 14.6 Å². The Morgan fingerprint density at radius 1 is 0.875 bits per heavy atom. The van der Waals surface area contributed by atoms with E-state index in [1.165, 1.54) is 18.4 Å². The summed E-state index contributed by atoms with van der Waals surface area (Å²) in [5, 5.41) is 12.8. The van der Waals surface area contributed by atoms with E-state index in [4.69, 9.17) is 9.84 Å². The third kappa shape index (κ3) is 4.63.